The monoisotopic (exact) mass is 470 g/mol. The van der Waals surface area contributed by atoms with Crippen molar-refractivity contribution < 1.29 is 15.0 Å². The van der Waals surface area contributed by atoms with Crippen LogP contribution in [0.15, 0.2) is 12.2 Å². The van der Waals surface area contributed by atoms with Crippen molar-refractivity contribution in [3.63, 3.8) is 0 Å². The highest BCUT2D eigenvalue weighted by Crippen LogP contribution is 2.89. The van der Waals surface area contributed by atoms with Crippen molar-refractivity contribution in [1.82, 2.24) is 0 Å². The summed E-state index contributed by atoms with van der Waals surface area (Å²) in [7, 11) is 0. The molecule has 5 aliphatic rings. The zero-order valence-electron chi connectivity index (χ0n) is 22.8. The minimum absolute atomic E-state index is 0.0276. The molecule has 0 aromatic carbocycles. The first-order chi connectivity index (χ1) is 15.8. The van der Waals surface area contributed by atoms with Gasteiger partial charge in [-0.1, -0.05) is 53.7 Å². The second kappa shape index (κ2) is 7.59. The van der Waals surface area contributed by atoms with Crippen molar-refractivity contribution >= 4 is 5.97 Å². The number of aliphatic hydroxyl groups excluding tert-OH is 1. The van der Waals surface area contributed by atoms with E-state index in [0.717, 1.165) is 31.6 Å². The van der Waals surface area contributed by atoms with E-state index in [1.54, 1.807) is 0 Å². The third-order valence-corrected chi connectivity index (χ3v) is 13.5. The van der Waals surface area contributed by atoms with Crippen LogP contribution in [-0.2, 0) is 4.79 Å². The van der Waals surface area contributed by atoms with Crippen molar-refractivity contribution in [3.05, 3.63) is 12.2 Å². The van der Waals surface area contributed by atoms with Gasteiger partial charge in [-0.3, -0.25) is 4.79 Å². The van der Waals surface area contributed by atoms with Gasteiger partial charge in [0, 0.05) is 0 Å². The molecule has 9 atom stereocenters. The van der Waals surface area contributed by atoms with Crippen LogP contribution in [0.2, 0.25) is 0 Å². The van der Waals surface area contributed by atoms with Gasteiger partial charge in [-0.15, -0.1) is 0 Å². The Labute approximate surface area is 208 Å². The van der Waals surface area contributed by atoms with Gasteiger partial charge in [0.25, 0.3) is 0 Å². The van der Waals surface area contributed by atoms with Crippen LogP contribution in [0.4, 0.5) is 0 Å². The molecule has 2 N–H and O–H groups in total. The molecule has 0 aliphatic heterocycles. The number of rotatable bonds is 6. The highest BCUT2D eigenvalue weighted by atomic mass is 16.4. The number of aliphatic hydroxyl groups is 1. The molecule has 5 aliphatic carbocycles. The van der Waals surface area contributed by atoms with E-state index in [1.165, 1.54) is 50.5 Å². The lowest BCUT2D eigenvalue weighted by Crippen LogP contribution is -2.57. The summed E-state index contributed by atoms with van der Waals surface area (Å²) < 4.78 is 0. The number of hydrogen-bond acceptors (Lipinski definition) is 2. The number of fused-ring (bicyclic) bond motifs is 2. The zero-order valence-corrected chi connectivity index (χ0v) is 22.8. The summed E-state index contributed by atoms with van der Waals surface area (Å²) in [6.07, 6.45) is 12.3. The molecule has 2 spiro atoms. The van der Waals surface area contributed by atoms with Crippen molar-refractivity contribution in [3.8, 4) is 0 Å². The fourth-order valence-electron chi connectivity index (χ4n) is 11.2. The van der Waals surface area contributed by atoms with Crippen LogP contribution < -0.4 is 0 Å². The maximum atomic E-state index is 12.6. The minimum Gasteiger partial charge on any atom is -0.481 e. The van der Waals surface area contributed by atoms with Crippen LogP contribution in [0, 0.1) is 56.7 Å². The summed E-state index contributed by atoms with van der Waals surface area (Å²) in [4.78, 5) is 12.6. The lowest BCUT2D eigenvalue weighted by Gasteiger charge is -2.63. The van der Waals surface area contributed by atoms with Crippen LogP contribution in [0.25, 0.3) is 0 Å². The maximum absolute atomic E-state index is 12.6. The number of allylic oxidation sites excluding steroid dienone is 1. The Bertz CT molecular complexity index is 874. The van der Waals surface area contributed by atoms with E-state index >= 15 is 0 Å². The molecule has 0 aromatic rings. The zero-order chi connectivity index (χ0) is 24.9. The Hall–Kier alpha value is -0.830. The van der Waals surface area contributed by atoms with Gasteiger partial charge in [-0.2, -0.15) is 0 Å². The summed E-state index contributed by atoms with van der Waals surface area (Å²) in [6.45, 7) is 18.3. The largest absolute Gasteiger partial charge is 0.481 e. The third kappa shape index (κ3) is 2.94. The summed E-state index contributed by atoms with van der Waals surface area (Å²) >= 11 is 0. The quantitative estimate of drug-likeness (QED) is 0.396. The number of aliphatic carboxylic acids is 1. The number of carbonyl (C=O) groups is 1. The van der Waals surface area contributed by atoms with E-state index < -0.39 is 5.97 Å². The van der Waals surface area contributed by atoms with E-state index in [0.29, 0.717) is 22.7 Å². The Morgan fingerprint density at radius 3 is 2.21 bits per heavy atom. The molecule has 0 bridgehead atoms. The number of carboxylic acid groups (broad SMARTS) is 1. The van der Waals surface area contributed by atoms with Crippen LogP contribution in [-0.4, -0.2) is 22.3 Å². The average molecular weight is 471 g/mol. The second-order valence-electron chi connectivity index (χ2n) is 14.8. The van der Waals surface area contributed by atoms with Gasteiger partial charge in [-0.25, -0.2) is 0 Å². The smallest absolute Gasteiger partial charge is 0.306 e. The van der Waals surface area contributed by atoms with Crippen molar-refractivity contribution in [2.24, 2.45) is 56.7 Å². The summed E-state index contributed by atoms with van der Waals surface area (Å²) in [5.74, 6) is 1.26. The summed E-state index contributed by atoms with van der Waals surface area (Å²) in [5.41, 5.74) is 2.49. The van der Waals surface area contributed by atoms with Gasteiger partial charge in [0.2, 0.25) is 0 Å². The topological polar surface area (TPSA) is 57.5 Å². The summed E-state index contributed by atoms with van der Waals surface area (Å²) in [5, 5.41) is 21.2. The first-order valence-electron chi connectivity index (χ1n) is 14.4. The molecule has 5 saturated carbocycles. The molecule has 2 unspecified atom stereocenters. The van der Waals surface area contributed by atoms with Crippen molar-refractivity contribution in [2.45, 2.75) is 118 Å². The molecular weight excluding hydrogens is 420 g/mol. The normalized spacial score (nSPS) is 49.4. The van der Waals surface area contributed by atoms with Crippen molar-refractivity contribution in [2.75, 3.05) is 0 Å². The SMILES string of the molecule is C=C(CC[C@@H](C(=O)O)C1CC[C@@]2(C)[C@@H]3CC[C@H]4C(C)(C)[C@@H](O)CC[C@@]45CC35CC[C@]12C)C(C)C. The molecule has 0 radical (unpaired) electrons. The molecule has 0 aromatic heterocycles. The molecular formula is C31H50O3. The minimum atomic E-state index is -0.582. The molecule has 3 nitrogen and oxygen atoms in total. The number of hydrogen-bond donors (Lipinski definition) is 2. The third-order valence-electron chi connectivity index (χ3n) is 13.5. The van der Waals surface area contributed by atoms with E-state index in [1.807, 2.05) is 0 Å². The molecule has 3 heteroatoms. The Morgan fingerprint density at radius 1 is 0.912 bits per heavy atom. The molecule has 0 saturated heterocycles. The average Bonchev–Trinajstić information content (AvgIpc) is 3.35. The van der Waals surface area contributed by atoms with Crippen LogP contribution in [0.5, 0.6) is 0 Å². The van der Waals surface area contributed by atoms with Crippen LogP contribution >= 0.6 is 0 Å². The van der Waals surface area contributed by atoms with Gasteiger partial charge < -0.3 is 10.2 Å². The summed E-state index contributed by atoms with van der Waals surface area (Å²) in [6, 6.07) is 0. The Morgan fingerprint density at radius 2 is 1.56 bits per heavy atom. The molecule has 34 heavy (non-hydrogen) atoms. The molecule has 5 rings (SSSR count). The van der Waals surface area contributed by atoms with Gasteiger partial charge >= 0.3 is 5.97 Å². The van der Waals surface area contributed by atoms with E-state index in [-0.39, 0.29) is 34.2 Å². The molecule has 0 heterocycles. The van der Waals surface area contributed by atoms with Gasteiger partial charge in [0.1, 0.15) is 0 Å². The lowest BCUT2D eigenvalue weighted by atomic mass is 9.41. The van der Waals surface area contributed by atoms with E-state index in [4.69, 9.17) is 0 Å². The predicted octanol–water partition coefficient (Wildman–Crippen LogP) is 7.48. The second-order valence-corrected chi connectivity index (χ2v) is 14.8. The van der Waals surface area contributed by atoms with E-state index in [2.05, 4.69) is 48.1 Å². The highest BCUT2D eigenvalue weighted by Gasteiger charge is 2.82. The fourth-order valence-corrected chi connectivity index (χ4v) is 11.2. The standard InChI is InChI=1S/C31H50O3/c1-19(2)20(3)8-9-21(26(33)34)22-12-14-29(7)24-11-10-23-27(4,5)25(32)13-15-30(23)18-31(24,30)17-16-28(22,29)6/h19,21-25,32H,3,8-18H2,1-2,4-7H3,(H,33,34)/t21-,22?,23+,24+,25+,28-,29+,30-,31?/m1/s1. The van der Waals surface area contributed by atoms with Gasteiger partial charge in [0.05, 0.1) is 12.0 Å². The Balaban J connectivity index is 1.42. The van der Waals surface area contributed by atoms with Gasteiger partial charge in [-0.05, 0) is 121 Å². The Kier molecular flexibility index (Phi) is 5.55. The van der Waals surface area contributed by atoms with E-state index in [9.17, 15) is 15.0 Å². The fraction of sp³-hybridized carbons (Fsp3) is 0.903. The van der Waals surface area contributed by atoms with Gasteiger partial charge in [0.15, 0.2) is 0 Å². The first kappa shape index (κ1) is 24.8. The van der Waals surface area contributed by atoms with Crippen LogP contribution in [0.3, 0.4) is 0 Å². The molecule has 192 valence electrons. The van der Waals surface area contributed by atoms with Crippen LogP contribution in [0.1, 0.15) is 112 Å². The molecule has 5 fully saturated rings. The number of carboxylic acids is 1. The van der Waals surface area contributed by atoms with Crippen molar-refractivity contribution in [1.29, 1.82) is 0 Å². The molecule has 0 amide bonds. The first-order valence-corrected chi connectivity index (χ1v) is 14.4. The highest BCUT2D eigenvalue weighted by molar-refractivity contribution is 5.70. The maximum Gasteiger partial charge on any atom is 0.306 e. The lowest BCUT2D eigenvalue weighted by molar-refractivity contribution is -0.167. The predicted molar refractivity (Wildman–Crippen MR) is 137 cm³/mol.